The summed E-state index contributed by atoms with van der Waals surface area (Å²) in [6.45, 7) is 3.97. The Morgan fingerprint density at radius 3 is 2.58 bits per heavy atom. The number of rotatable bonds is 5. The minimum Gasteiger partial charge on any atom is -0.465 e. The molecule has 0 unspecified atom stereocenters. The number of carbonyl (C=O) groups excluding carboxylic acids is 2. The van der Waals surface area contributed by atoms with E-state index in [4.69, 9.17) is 4.74 Å². The second kappa shape index (κ2) is 8.27. The maximum absolute atomic E-state index is 13.1. The summed E-state index contributed by atoms with van der Waals surface area (Å²) in [6.07, 6.45) is 0.973. The third-order valence-electron chi connectivity index (χ3n) is 6.54. The van der Waals surface area contributed by atoms with Crippen molar-refractivity contribution in [3.63, 3.8) is 0 Å². The van der Waals surface area contributed by atoms with Gasteiger partial charge < -0.3 is 14.6 Å². The molecule has 3 heterocycles. The van der Waals surface area contributed by atoms with Crippen molar-refractivity contribution in [1.82, 2.24) is 19.0 Å². The molecule has 0 radical (unpaired) electrons. The number of nitrogens with one attached hydrogen (secondary N) is 1. The molecule has 170 valence electrons. The number of fused-ring (bicyclic) bond motifs is 4. The van der Waals surface area contributed by atoms with Gasteiger partial charge in [0.05, 0.1) is 23.7 Å². The van der Waals surface area contributed by atoms with E-state index in [-0.39, 0.29) is 24.0 Å². The number of esters is 1. The Bertz CT molecular complexity index is 1440. The number of methoxy groups -OCH3 is 1. The summed E-state index contributed by atoms with van der Waals surface area (Å²) >= 11 is 0. The van der Waals surface area contributed by atoms with Crippen LogP contribution in [0.2, 0.25) is 0 Å². The van der Waals surface area contributed by atoms with E-state index in [1.165, 1.54) is 7.11 Å². The van der Waals surface area contributed by atoms with Crippen LogP contribution in [0.5, 0.6) is 0 Å². The number of para-hydroxylation sites is 2. The predicted octanol–water partition coefficient (Wildman–Crippen LogP) is 3.07. The molecule has 33 heavy (non-hydrogen) atoms. The van der Waals surface area contributed by atoms with Crippen molar-refractivity contribution in [3.05, 3.63) is 69.8 Å². The number of aromatic amines is 1. The summed E-state index contributed by atoms with van der Waals surface area (Å²) in [4.78, 5) is 43.2. The van der Waals surface area contributed by atoms with Crippen LogP contribution in [0.25, 0.3) is 21.9 Å². The van der Waals surface area contributed by atoms with Gasteiger partial charge in [-0.2, -0.15) is 0 Å². The number of aromatic nitrogens is 3. The molecule has 0 saturated heterocycles. The molecule has 0 atom stereocenters. The molecule has 0 saturated carbocycles. The number of carbonyl (C=O) groups is 2. The highest BCUT2D eigenvalue weighted by Gasteiger charge is 2.25. The number of nitrogens with zero attached hydrogens (tertiary/aromatic N) is 3. The first-order valence-corrected chi connectivity index (χ1v) is 11.2. The third-order valence-corrected chi connectivity index (χ3v) is 6.54. The highest BCUT2D eigenvalue weighted by molar-refractivity contribution is 5.96. The lowest BCUT2D eigenvalue weighted by atomic mass is 10.0. The lowest BCUT2D eigenvalue weighted by Gasteiger charge is -2.27. The largest absolute Gasteiger partial charge is 0.465 e. The van der Waals surface area contributed by atoms with Gasteiger partial charge in [0.15, 0.2) is 0 Å². The van der Waals surface area contributed by atoms with Gasteiger partial charge in [0.1, 0.15) is 0 Å². The standard InChI is InChI=1S/C25H26N4O4/c1-3-28-21-6-4-5-7-22(21)29(25(28)32)13-11-23(30)27-12-10-20-18(15-27)17-14-16(24(31)33-2)8-9-19(17)26-20/h4-9,14,26H,3,10-13,15H2,1-2H3. The highest BCUT2D eigenvalue weighted by Crippen LogP contribution is 2.29. The topological polar surface area (TPSA) is 89.3 Å². The van der Waals surface area contributed by atoms with Crippen LogP contribution in [0.15, 0.2) is 47.3 Å². The zero-order valence-corrected chi connectivity index (χ0v) is 18.8. The number of ether oxygens (including phenoxy) is 1. The number of amides is 1. The number of benzene rings is 2. The molecular formula is C25H26N4O4. The maximum Gasteiger partial charge on any atom is 0.337 e. The van der Waals surface area contributed by atoms with Gasteiger partial charge in [0, 0.05) is 61.2 Å². The molecule has 4 aromatic rings. The smallest absolute Gasteiger partial charge is 0.337 e. The van der Waals surface area contributed by atoms with Gasteiger partial charge in [-0.25, -0.2) is 9.59 Å². The molecule has 1 N–H and O–H groups in total. The van der Waals surface area contributed by atoms with Crippen molar-refractivity contribution < 1.29 is 14.3 Å². The first kappa shape index (κ1) is 21.1. The molecule has 2 aromatic heterocycles. The van der Waals surface area contributed by atoms with Crippen molar-refractivity contribution in [3.8, 4) is 0 Å². The Kier molecular flexibility index (Phi) is 5.28. The van der Waals surface area contributed by atoms with Gasteiger partial charge in [-0.05, 0) is 37.3 Å². The van der Waals surface area contributed by atoms with Gasteiger partial charge in [-0.3, -0.25) is 13.9 Å². The Morgan fingerprint density at radius 1 is 1.09 bits per heavy atom. The van der Waals surface area contributed by atoms with Crippen LogP contribution in [0.3, 0.4) is 0 Å². The van der Waals surface area contributed by atoms with Crippen LogP contribution in [0.1, 0.15) is 35.0 Å². The van der Waals surface area contributed by atoms with E-state index in [1.807, 2.05) is 48.2 Å². The fourth-order valence-corrected chi connectivity index (χ4v) is 4.83. The Balaban J connectivity index is 1.37. The lowest BCUT2D eigenvalue weighted by molar-refractivity contribution is -0.132. The molecule has 1 aliphatic rings. The molecule has 1 amide bonds. The average molecular weight is 447 g/mol. The second-order valence-corrected chi connectivity index (χ2v) is 8.32. The average Bonchev–Trinajstić information content (AvgIpc) is 3.34. The van der Waals surface area contributed by atoms with Crippen LogP contribution in [-0.4, -0.2) is 44.5 Å². The summed E-state index contributed by atoms with van der Waals surface area (Å²) < 4.78 is 8.27. The second-order valence-electron chi connectivity index (χ2n) is 8.32. The summed E-state index contributed by atoms with van der Waals surface area (Å²) in [5, 5.41) is 0.938. The predicted molar refractivity (Wildman–Crippen MR) is 125 cm³/mol. The summed E-state index contributed by atoms with van der Waals surface area (Å²) in [7, 11) is 1.36. The fourth-order valence-electron chi connectivity index (χ4n) is 4.83. The zero-order valence-electron chi connectivity index (χ0n) is 18.8. The molecule has 2 aromatic carbocycles. The minimum absolute atomic E-state index is 0.0133. The van der Waals surface area contributed by atoms with E-state index in [9.17, 15) is 14.4 Å². The minimum atomic E-state index is -0.382. The number of hydrogen-bond donors (Lipinski definition) is 1. The third kappa shape index (κ3) is 3.51. The molecule has 1 aliphatic heterocycles. The van der Waals surface area contributed by atoms with E-state index in [2.05, 4.69) is 4.98 Å². The van der Waals surface area contributed by atoms with Crippen LogP contribution >= 0.6 is 0 Å². The van der Waals surface area contributed by atoms with Gasteiger partial charge in [0.2, 0.25) is 5.91 Å². The van der Waals surface area contributed by atoms with Gasteiger partial charge >= 0.3 is 11.7 Å². The molecular weight excluding hydrogens is 420 g/mol. The molecule has 0 aliphatic carbocycles. The van der Waals surface area contributed by atoms with Crippen molar-refractivity contribution in [2.24, 2.45) is 0 Å². The molecule has 0 bridgehead atoms. The number of H-pyrrole nitrogens is 1. The van der Waals surface area contributed by atoms with E-state index < -0.39 is 0 Å². The van der Waals surface area contributed by atoms with Crippen LogP contribution < -0.4 is 5.69 Å². The Morgan fingerprint density at radius 2 is 1.85 bits per heavy atom. The number of hydrogen-bond acceptors (Lipinski definition) is 4. The van der Waals surface area contributed by atoms with Gasteiger partial charge in [-0.15, -0.1) is 0 Å². The van der Waals surface area contributed by atoms with E-state index in [0.717, 1.165) is 39.6 Å². The van der Waals surface area contributed by atoms with Gasteiger partial charge in [0.25, 0.3) is 0 Å². The fraction of sp³-hybridized carbons (Fsp3) is 0.320. The van der Waals surface area contributed by atoms with Gasteiger partial charge in [-0.1, -0.05) is 12.1 Å². The number of imidazole rings is 1. The monoisotopic (exact) mass is 446 g/mol. The van der Waals surface area contributed by atoms with Crippen molar-refractivity contribution >= 4 is 33.8 Å². The molecule has 8 heteroatoms. The van der Waals surface area contributed by atoms with Crippen LogP contribution in [0.4, 0.5) is 0 Å². The summed E-state index contributed by atoms with van der Waals surface area (Å²) in [6, 6.07) is 13.1. The van der Waals surface area contributed by atoms with Crippen LogP contribution in [-0.2, 0) is 35.6 Å². The Hall–Kier alpha value is -3.81. The van der Waals surface area contributed by atoms with Crippen molar-refractivity contribution in [2.45, 2.75) is 39.4 Å². The summed E-state index contributed by atoms with van der Waals surface area (Å²) in [5.41, 5.74) is 5.22. The quantitative estimate of drug-likeness (QED) is 0.477. The van der Waals surface area contributed by atoms with E-state index in [1.54, 1.807) is 15.2 Å². The Labute approximate surface area is 190 Å². The molecule has 5 rings (SSSR count). The first-order chi connectivity index (χ1) is 16.0. The van der Waals surface area contributed by atoms with E-state index >= 15 is 0 Å². The molecule has 8 nitrogen and oxygen atoms in total. The lowest BCUT2D eigenvalue weighted by Crippen LogP contribution is -2.36. The zero-order chi connectivity index (χ0) is 23.1. The van der Waals surface area contributed by atoms with Crippen molar-refractivity contribution in [2.75, 3.05) is 13.7 Å². The molecule has 0 spiro atoms. The SMILES string of the molecule is CCn1c(=O)n(CCC(=O)N2CCc3[nH]c4ccc(C(=O)OC)cc4c3C2)c2ccccc21. The normalized spacial score (nSPS) is 13.5. The van der Waals surface area contributed by atoms with E-state index in [0.29, 0.717) is 31.7 Å². The number of aryl methyl sites for hydroxylation is 2. The highest BCUT2D eigenvalue weighted by atomic mass is 16.5. The summed E-state index contributed by atoms with van der Waals surface area (Å²) in [5.74, 6) is -0.369. The maximum atomic E-state index is 13.1. The van der Waals surface area contributed by atoms with Crippen molar-refractivity contribution in [1.29, 1.82) is 0 Å². The first-order valence-electron chi connectivity index (χ1n) is 11.2. The molecule has 0 fully saturated rings. The van der Waals surface area contributed by atoms with Crippen LogP contribution in [0, 0.1) is 0 Å².